The molecular weight excluding hydrogens is 234 g/mol. The van der Waals surface area contributed by atoms with Crippen LogP contribution in [0, 0.1) is 26.7 Å². The lowest BCUT2D eigenvalue weighted by Crippen LogP contribution is -2.19. The van der Waals surface area contributed by atoms with Crippen LogP contribution in [0.25, 0.3) is 0 Å². The van der Waals surface area contributed by atoms with Crippen LogP contribution in [-0.4, -0.2) is 12.6 Å². The third kappa shape index (κ3) is 4.24. The molecule has 0 aromatic heterocycles. The van der Waals surface area contributed by atoms with Crippen molar-refractivity contribution in [3.63, 3.8) is 0 Å². The van der Waals surface area contributed by atoms with Gasteiger partial charge >= 0.3 is 0 Å². The van der Waals surface area contributed by atoms with Gasteiger partial charge in [0.05, 0.1) is 6.61 Å². The highest BCUT2D eigenvalue weighted by Gasteiger charge is 2.14. The zero-order valence-corrected chi connectivity index (χ0v) is 13.3. The van der Waals surface area contributed by atoms with Crippen molar-refractivity contribution in [3.8, 4) is 5.75 Å². The van der Waals surface area contributed by atoms with Crippen LogP contribution in [0.2, 0.25) is 0 Å². The first-order valence-electron chi connectivity index (χ1n) is 7.34. The standard InChI is InChI=1S/C17H29NO/c1-7-19-17-10-12(3)16(14(5)15(17)6)9-11(2)8-13(4)18/h10-11,13H,7-9,18H2,1-6H3. The topological polar surface area (TPSA) is 35.2 Å². The molecule has 0 fully saturated rings. The van der Waals surface area contributed by atoms with E-state index in [-0.39, 0.29) is 6.04 Å². The van der Waals surface area contributed by atoms with Gasteiger partial charge in [0.25, 0.3) is 0 Å². The van der Waals surface area contributed by atoms with Crippen LogP contribution in [0.5, 0.6) is 5.75 Å². The Bertz CT molecular complexity index is 424. The Morgan fingerprint density at radius 1 is 1.16 bits per heavy atom. The van der Waals surface area contributed by atoms with Crippen LogP contribution in [0.4, 0.5) is 0 Å². The Morgan fingerprint density at radius 3 is 2.32 bits per heavy atom. The van der Waals surface area contributed by atoms with E-state index in [0.29, 0.717) is 5.92 Å². The van der Waals surface area contributed by atoms with Gasteiger partial charge in [-0.2, -0.15) is 0 Å². The molecule has 2 unspecified atom stereocenters. The lowest BCUT2D eigenvalue weighted by Gasteiger charge is -2.20. The number of benzene rings is 1. The molecule has 0 heterocycles. The molecule has 2 N–H and O–H groups in total. The summed E-state index contributed by atoms with van der Waals surface area (Å²) in [5.41, 5.74) is 11.3. The molecule has 0 amide bonds. The van der Waals surface area contributed by atoms with Gasteiger partial charge in [-0.1, -0.05) is 6.92 Å². The van der Waals surface area contributed by atoms with E-state index in [2.05, 4.69) is 40.7 Å². The summed E-state index contributed by atoms with van der Waals surface area (Å²) in [6.07, 6.45) is 2.18. The van der Waals surface area contributed by atoms with Crippen molar-refractivity contribution in [1.82, 2.24) is 0 Å². The molecule has 0 saturated heterocycles. The fourth-order valence-electron chi connectivity index (χ4n) is 2.78. The number of rotatable bonds is 6. The van der Waals surface area contributed by atoms with Gasteiger partial charge in [0.2, 0.25) is 0 Å². The molecule has 1 aromatic carbocycles. The van der Waals surface area contributed by atoms with Crippen LogP contribution < -0.4 is 10.5 Å². The second kappa shape index (κ2) is 6.95. The zero-order valence-electron chi connectivity index (χ0n) is 13.3. The van der Waals surface area contributed by atoms with Crippen molar-refractivity contribution in [1.29, 1.82) is 0 Å². The average molecular weight is 263 g/mol. The molecule has 0 saturated carbocycles. The maximum absolute atomic E-state index is 5.90. The van der Waals surface area contributed by atoms with Crippen molar-refractivity contribution >= 4 is 0 Å². The number of hydrogen-bond acceptors (Lipinski definition) is 2. The molecule has 19 heavy (non-hydrogen) atoms. The molecule has 1 rings (SSSR count). The minimum atomic E-state index is 0.277. The number of ether oxygens (including phenoxy) is 1. The second-order valence-corrected chi connectivity index (χ2v) is 5.88. The smallest absolute Gasteiger partial charge is 0.122 e. The van der Waals surface area contributed by atoms with E-state index in [4.69, 9.17) is 10.5 Å². The van der Waals surface area contributed by atoms with Crippen LogP contribution in [0.1, 0.15) is 49.4 Å². The van der Waals surface area contributed by atoms with Crippen molar-refractivity contribution in [2.75, 3.05) is 6.61 Å². The summed E-state index contributed by atoms with van der Waals surface area (Å²) in [5.74, 6) is 1.65. The van der Waals surface area contributed by atoms with E-state index in [1.807, 2.05) is 6.92 Å². The highest BCUT2D eigenvalue weighted by molar-refractivity contribution is 5.48. The Labute approximate surface area is 118 Å². The average Bonchev–Trinajstić information content (AvgIpc) is 2.31. The van der Waals surface area contributed by atoms with Gasteiger partial charge in [-0.3, -0.25) is 0 Å². The van der Waals surface area contributed by atoms with E-state index in [1.54, 1.807) is 0 Å². The third-order valence-corrected chi connectivity index (χ3v) is 3.83. The van der Waals surface area contributed by atoms with Crippen molar-refractivity contribution in [2.24, 2.45) is 11.7 Å². The predicted molar refractivity (Wildman–Crippen MR) is 83.0 cm³/mol. The third-order valence-electron chi connectivity index (χ3n) is 3.83. The normalized spacial score (nSPS) is 14.3. The number of nitrogens with two attached hydrogens (primary N) is 1. The van der Waals surface area contributed by atoms with Gasteiger partial charge in [-0.25, -0.2) is 0 Å². The van der Waals surface area contributed by atoms with Gasteiger partial charge in [0, 0.05) is 6.04 Å². The lowest BCUT2D eigenvalue weighted by molar-refractivity contribution is 0.337. The van der Waals surface area contributed by atoms with E-state index < -0.39 is 0 Å². The number of hydrogen-bond donors (Lipinski definition) is 1. The molecule has 0 spiro atoms. The highest BCUT2D eigenvalue weighted by Crippen LogP contribution is 2.29. The second-order valence-electron chi connectivity index (χ2n) is 5.88. The van der Waals surface area contributed by atoms with Crippen molar-refractivity contribution < 1.29 is 4.74 Å². The van der Waals surface area contributed by atoms with Gasteiger partial charge in [0.1, 0.15) is 5.75 Å². The van der Waals surface area contributed by atoms with Gasteiger partial charge in [0.15, 0.2) is 0 Å². The van der Waals surface area contributed by atoms with Crippen molar-refractivity contribution in [2.45, 2.75) is 60.4 Å². The first-order chi connectivity index (χ1) is 8.86. The van der Waals surface area contributed by atoms with Gasteiger partial charge < -0.3 is 10.5 Å². The Kier molecular flexibility index (Phi) is 5.86. The molecule has 0 bridgehead atoms. The molecule has 2 atom stereocenters. The highest BCUT2D eigenvalue weighted by atomic mass is 16.5. The Morgan fingerprint density at radius 2 is 1.79 bits per heavy atom. The molecule has 0 aliphatic carbocycles. The molecule has 0 aliphatic heterocycles. The molecule has 2 heteroatoms. The van der Waals surface area contributed by atoms with Crippen LogP contribution in [0.3, 0.4) is 0 Å². The van der Waals surface area contributed by atoms with Crippen LogP contribution in [-0.2, 0) is 6.42 Å². The Hall–Kier alpha value is -1.02. The largest absolute Gasteiger partial charge is 0.494 e. The maximum atomic E-state index is 5.90. The minimum absolute atomic E-state index is 0.277. The SMILES string of the molecule is CCOc1cc(C)c(CC(C)CC(C)N)c(C)c1C. The summed E-state index contributed by atoms with van der Waals surface area (Å²) in [7, 11) is 0. The quantitative estimate of drug-likeness (QED) is 0.844. The van der Waals surface area contributed by atoms with Crippen LogP contribution in [0.15, 0.2) is 6.07 Å². The van der Waals surface area contributed by atoms with Gasteiger partial charge in [-0.15, -0.1) is 0 Å². The first kappa shape index (κ1) is 16.0. The van der Waals surface area contributed by atoms with E-state index >= 15 is 0 Å². The molecule has 0 radical (unpaired) electrons. The number of aryl methyl sites for hydroxylation is 1. The molecule has 1 aromatic rings. The summed E-state index contributed by atoms with van der Waals surface area (Å²) >= 11 is 0. The first-order valence-corrected chi connectivity index (χ1v) is 7.34. The van der Waals surface area contributed by atoms with E-state index in [0.717, 1.165) is 25.2 Å². The maximum Gasteiger partial charge on any atom is 0.122 e. The summed E-state index contributed by atoms with van der Waals surface area (Å²) in [6.45, 7) is 13.7. The fourth-order valence-corrected chi connectivity index (χ4v) is 2.78. The molecular formula is C17H29NO. The lowest BCUT2D eigenvalue weighted by atomic mass is 9.88. The summed E-state index contributed by atoms with van der Waals surface area (Å²) in [5, 5.41) is 0. The van der Waals surface area contributed by atoms with Crippen molar-refractivity contribution in [3.05, 3.63) is 28.3 Å². The molecule has 108 valence electrons. The summed E-state index contributed by atoms with van der Waals surface area (Å²) < 4.78 is 5.70. The molecule has 2 nitrogen and oxygen atoms in total. The van der Waals surface area contributed by atoms with Crippen LogP contribution >= 0.6 is 0 Å². The van der Waals surface area contributed by atoms with Gasteiger partial charge in [-0.05, 0) is 81.7 Å². The van der Waals surface area contributed by atoms with E-state index in [9.17, 15) is 0 Å². The monoisotopic (exact) mass is 263 g/mol. The summed E-state index contributed by atoms with van der Waals surface area (Å²) in [4.78, 5) is 0. The molecule has 0 aliphatic rings. The summed E-state index contributed by atoms with van der Waals surface area (Å²) in [6, 6.07) is 2.46. The fraction of sp³-hybridized carbons (Fsp3) is 0.647. The zero-order chi connectivity index (χ0) is 14.6. The minimum Gasteiger partial charge on any atom is -0.494 e. The predicted octanol–water partition coefficient (Wildman–Crippen LogP) is 3.93. The Balaban J connectivity index is 2.99. The van der Waals surface area contributed by atoms with E-state index in [1.165, 1.54) is 22.3 Å².